The normalized spacial score (nSPS) is 10.2. The highest BCUT2D eigenvalue weighted by atomic mass is 127. The number of amides is 1. The van der Waals surface area contributed by atoms with Crippen LogP contribution in [0.3, 0.4) is 0 Å². The summed E-state index contributed by atoms with van der Waals surface area (Å²) in [5, 5.41) is 6.79. The second kappa shape index (κ2) is 6.70. The lowest BCUT2D eigenvalue weighted by atomic mass is 10.2. The van der Waals surface area contributed by atoms with Crippen molar-refractivity contribution in [3.8, 4) is 0 Å². The Bertz CT molecular complexity index is 645. The van der Waals surface area contributed by atoms with Crippen molar-refractivity contribution < 1.29 is 14.3 Å². The van der Waals surface area contributed by atoms with E-state index in [-0.39, 0.29) is 11.9 Å². The number of aryl methyl sites for hydroxylation is 1. The first-order valence-electron chi connectivity index (χ1n) is 6.29. The number of nitrogens with one attached hydrogen (secondary N) is 1. The molecule has 110 valence electrons. The molecular weight excluding hydrogens is 385 g/mol. The van der Waals surface area contributed by atoms with Gasteiger partial charge in [-0.15, -0.1) is 0 Å². The maximum absolute atomic E-state index is 12.2. The number of esters is 1. The molecule has 0 fully saturated rings. The maximum atomic E-state index is 12.2. The van der Waals surface area contributed by atoms with Gasteiger partial charge in [0, 0.05) is 12.7 Å². The number of ether oxygens (including phenoxy) is 1. The van der Waals surface area contributed by atoms with Crippen LogP contribution in [0.25, 0.3) is 0 Å². The number of rotatable bonds is 4. The average Bonchev–Trinajstić information content (AvgIpc) is 2.79. The quantitative estimate of drug-likeness (QED) is 0.634. The molecule has 7 heteroatoms. The van der Waals surface area contributed by atoms with Crippen LogP contribution in [0.1, 0.15) is 27.8 Å². The van der Waals surface area contributed by atoms with Gasteiger partial charge >= 0.3 is 5.97 Å². The predicted molar refractivity (Wildman–Crippen MR) is 86.3 cm³/mol. The van der Waals surface area contributed by atoms with Crippen LogP contribution in [-0.4, -0.2) is 28.3 Å². The van der Waals surface area contributed by atoms with Crippen molar-refractivity contribution in [2.75, 3.05) is 11.9 Å². The zero-order valence-corrected chi connectivity index (χ0v) is 13.7. The van der Waals surface area contributed by atoms with E-state index in [4.69, 9.17) is 4.74 Å². The molecule has 0 aliphatic heterocycles. The van der Waals surface area contributed by atoms with Gasteiger partial charge in [-0.05, 0) is 53.8 Å². The van der Waals surface area contributed by atoms with Gasteiger partial charge in [-0.2, -0.15) is 5.10 Å². The number of aromatic nitrogens is 2. The van der Waals surface area contributed by atoms with Gasteiger partial charge in [0.25, 0.3) is 5.91 Å². The Labute approximate surface area is 135 Å². The molecular formula is C14H14IN3O3. The van der Waals surface area contributed by atoms with Crippen molar-refractivity contribution in [3.63, 3.8) is 0 Å². The van der Waals surface area contributed by atoms with Crippen molar-refractivity contribution in [2.45, 2.75) is 6.92 Å². The zero-order valence-electron chi connectivity index (χ0n) is 11.6. The van der Waals surface area contributed by atoms with E-state index in [1.807, 2.05) is 0 Å². The first-order chi connectivity index (χ1) is 10.0. The average molecular weight is 399 g/mol. The van der Waals surface area contributed by atoms with Gasteiger partial charge in [0.05, 0.1) is 21.9 Å². The Hall–Kier alpha value is -1.90. The van der Waals surface area contributed by atoms with Crippen molar-refractivity contribution >= 4 is 40.2 Å². The number of hydrogen-bond acceptors (Lipinski definition) is 4. The summed E-state index contributed by atoms with van der Waals surface area (Å²) >= 11 is 2.06. The van der Waals surface area contributed by atoms with E-state index in [1.54, 1.807) is 44.4 Å². The Morgan fingerprint density at radius 3 is 2.52 bits per heavy atom. The largest absolute Gasteiger partial charge is 0.462 e. The summed E-state index contributed by atoms with van der Waals surface area (Å²) in [7, 11) is 1.71. The molecule has 0 radical (unpaired) electrons. The molecule has 0 aliphatic rings. The van der Waals surface area contributed by atoms with E-state index in [9.17, 15) is 9.59 Å². The molecule has 0 saturated carbocycles. The highest BCUT2D eigenvalue weighted by molar-refractivity contribution is 14.1. The Morgan fingerprint density at radius 1 is 1.33 bits per heavy atom. The highest BCUT2D eigenvalue weighted by Crippen LogP contribution is 2.15. The van der Waals surface area contributed by atoms with Crippen LogP contribution in [-0.2, 0) is 11.8 Å². The molecule has 2 aromatic rings. The molecule has 1 heterocycles. The van der Waals surface area contributed by atoms with Crippen molar-refractivity contribution in [1.29, 1.82) is 0 Å². The standard InChI is InChI=1S/C14H14IN3O3/c1-3-21-14(20)9-4-6-10(7-5-9)17-13(19)12-11(15)8-16-18(12)2/h4-8H,3H2,1-2H3,(H,17,19). The third kappa shape index (κ3) is 3.60. The summed E-state index contributed by atoms with van der Waals surface area (Å²) in [6, 6.07) is 6.55. The Balaban J connectivity index is 2.10. The fraction of sp³-hybridized carbons (Fsp3) is 0.214. The minimum Gasteiger partial charge on any atom is -0.462 e. The van der Waals surface area contributed by atoms with Gasteiger partial charge < -0.3 is 10.1 Å². The predicted octanol–water partition coefficient (Wildman–Crippen LogP) is 2.45. The second-order valence-electron chi connectivity index (χ2n) is 4.22. The van der Waals surface area contributed by atoms with Crippen LogP contribution < -0.4 is 5.32 Å². The smallest absolute Gasteiger partial charge is 0.338 e. The van der Waals surface area contributed by atoms with Crippen LogP contribution in [0.4, 0.5) is 5.69 Å². The van der Waals surface area contributed by atoms with Crippen LogP contribution >= 0.6 is 22.6 Å². The summed E-state index contributed by atoms with van der Waals surface area (Å²) in [5.41, 5.74) is 1.54. The summed E-state index contributed by atoms with van der Waals surface area (Å²) in [5.74, 6) is -0.625. The molecule has 0 spiro atoms. The monoisotopic (exact) mass is 399 g/mol. The zero-order chi connectivity index (χ0) is 15.4. The number of halogens is 1. The van der Waals surface area contributed by atoms with Gasteiger partial charge in [0.2, 0.25) is 0 Å². The van der Waals surface area contributed by atoms with E-state index in [2.05, 4.69) is 33.0 Å². The summed E-state index contributed by atoms with van der Waals surface area (Å²) in [4.78, 5) is 23.7. The maximum Gasteiger partial charge on any atom is 0.338 e. The minimum atomic E-state index is -0.378. The SMILES string of the molecule is CCOC(=O)c1ccc(NC(=O)c2c(I)cnn2C)cc1. The van der Waals surface area contributed by atoms with E-state index in [1.165, 1.54) is 4.68 Å². The molecule has 0 bridgehead atoms. The van der Waals surface area contributed by atoms with E-state index in [0.29, 0.717) is 23.6 Å². The van der Waals surface area contributed by atoms with Crippen LogP contribution in [0.15, 0.2) is 30.5 Å². The molecule has 2 rings (SSSR count). The van der Waals surface area contributed by atoms with Crippen LogP contribution in [0.5, 0.6) is 0 Å². The molecule has 6 nitrogen and oxygen atoms in total. The molecule has 1 aromatic carbocycles. The van der Waals surface area contributed by atoms with Crippen LogP contribution in [0.2, 0.25) is 0 Å². The number of anilines is 1. The van der Waals surface area contributed by atoms with E-state index in [0.717, 1.165) is 3.57 Å². The molecule has 1 aromatic heterocycles. The third-order valence-corrected chi connectivity index (χ3v) is 3.55. The minimum absolute atomic E-state index is 0.247. The molecule has 0 unspecified atom stereocenters. The molecule has 1 N–H and O–H groups in total. The van der Waals surface area contributed by atoms with Gasteiger partial charge in [0.15, 0.2) is 0 Å². The topological polar surface area (TPSA) is 73.2 Å². The molecule has 1 amide bonds. The van der Waals surface area contributed by atoms with Crippen molar-refractivity contribution in [2.24, 2.45) is 7.05 Å². The van der Waals surface area contributed by atoms with E-state index >= 15 is 0 Å². The summed E-state index contributed by atoms with van der Waals surface area (Å²) in [6.45, 7) is 2.08. The first-order valence-corrected chi connectivity index (χ1v) is 7.36. The summed E-state index contributed by atoms with van der Waals surface area (Å²) < 4.78 is 7.19. The number of carbonyl (C=O) groups is 2. The Morgan fingerprint density at radius 2 is 2.00 bits per heavy atom. The summed E-state index contributed by atoms with van der Waals surface area (Å²) in [6.07, 6.45) is 1.62. The second-order valence-corrected chi connectivity index (χ2v) is 5.38. The van der Waals surface area contributed by atoms with E-state index < -0.39 is 0 Å². The molecule has 0 aliphatic carbocycles. The fourth-order valence-corrected chi connectivity index (χ4v) is 2.48. The Kier molecular flexibility index (Phi) is 4.94. The number of nitrogens with zero attached hydrogens (tertiary/aromatic N) is 2. The lowest BCUT2D eigenvalue weighted by Crippen LogP contribution is -2.17. The number of hydrogen-bond donors (Lipinski definition) is 1. The van der Waals surface area contributed by atoms with Crippen LogP contribution in [0, 0.1) is 3.57 Å². The lowest BCUT2D eigenvalue weighted by Gasteiger charge is -2.07. The van der Waals surface area contributed by atoms with Gasteiger partial charge in [-0.1, -0.05) is 0 Å². The number of benzene rings is 1. The van der Waals surface area contributed by atoms with Gasteiger partial charge in [0.1, 0.15) is 5.69 Å². The van der Waals surface area contributed by atoms with Crippen molar-refractivity contribution in [1.82, 2.24) is 9.78 Å². The molecule has 0 saturated heterocycles. The van der Waals surface area contributed by atoms with Gasteiger partial charge in [-0.25, -0.2) is 4.79 Å². The van der Waals surface area contributed by atoms with Crippen molar-refractivity contribution in [3.05, 3.63) is 45.3 Å². The fourth-order valence-electron chi connectivity index (χ4n) is 1.76. The third-order valence-electron chi connectivity index (χ3n) is 2.76. The molecule has 21 heavy (non-hydrogen) atoms. The highest BCUT2D eigenvalue weighted by Gasteiger charge is 2.15. The first kappa shape index (κ1) is 15.5. The number of carbonyl (C=O) groups excluding carboxylic acids is 2. The molecule has 0 atom stereocenters. The van der Waals surface area contributed by atoms with Gasteiger partial charge in [-0.3, -0.25) is 9.48 Å². The lowest BCUT2D eigenvalue weighted by molar-refractivity contribution is 0.0526.